The fourth-order valence-electron chi connectivity index (χ4n) is 1.24. The van der Waals surface area contributed by atoms with Gasteiger partial charge in [-0.15, -0.1) is 0 Å². The van der Waals surface area contributed by atoms with Crippen LogP contribution in [-0.4, -0.2) is 12.8 Å². The van der Waals surface area contributed by atoms with Crippen molar-refractivity contribution in [2.75, 3.05) is 7.05 Å². The molecule has 0 aliphatic carbocycles. The Morgan fingerprint density at radius 1 is 1.40 bits per heavy atom. The molecule has 8 heteroatoms. The van der Waals surface area contributed by atoms with Crippen molar-refractivity contribution < 1.29 is 22.3 Å². The normalized spacial score (nSPS) is 13.6. The molecule has 0 bridgehead atoms. The zero-order valence-electron chi connectivity index (χ0n) is 10.6. The van der Waals surface area contributed by atoms with Crippen LogP contribution in [0.15, 0.2) is 29.1 Å². The molecule has 0 aliphatic heterocycles. The number of nitrogens with two attached hydrogens (primary N) is 1. The fraction of sp³-hybridized carbons (Fsp3) is 0.250. The van der Waals surface area contributed by atoms with Crippen LogP contribution >= 0.6 is 11.6 Å². The highest BCUT2D eigenvalue weighted by molar-refractivity contribution is 6.32. The lowest BCUT2D eigenvalue weighted by Crippen LogP contribution is -2.11. The number of benzene rings is 1. The van der Waals surface area contributed by atoms with Gasteiger partial charge < -0.3 is 10.5 Å². The molecule has 0 spiro atoms. The largest absolute Gasteiger partial charge is 0.437 e. The molecule has 1 aromatic rings. The van der Waals surface area contributed by atoms with Crippen molar-refractivity contribution in [2.45, 2.75) is 13.1 Å². The van der Waals surface area contributed by atoms with Gasteiger partial charge in [-0.25, -0.2) is 4.39 Å². The lowest BCUT2D eigenvalue weighted by atomic mass is 10.2. The molecule has 0 radical (unpaired) electrons. The van der Waals surface area contributed by atoms with Crippen molar-refractivity contribution >= 4 is 17.3 Å². The number of hydrogen-bond donors (Lipinski definition) is 1. The van der Waals surface area contributed by atoms with Gasteiger partial charge in [0.15, 0.2) is 17.4 Å². The first-order valence-electron chi connectivity index (χ1n) is 5.29. The third-order valence-electron chi connectivity index (χ3n) is 2.25. The van der Waals surface area contributed by atoms with Crippen molar-refractivity contribution in [3.05, 3.63) is 40.5 Å². The van der Waals surface area contributed by atoms with E-state index in [4.69, 9.17) is 22.1 Å². The second kappa shape index (κ2) is 6.13. The SMILES string of the molecule is CN=C(C)C=C(N)Oc1c(F)cc(C(F)(F)F)cc1Cl. The van der Waals surface area contributed by atoms with Gasteiger partial charge in [-0.1, -0.05) is 11.6 Å². The van der Waals surface area contributed by atoms with Crippen molar-refractivity contribution in [1.82, 2.24) is 0 Å². The average molecular weight is 311 g/mol. The van der Waals surface area contributed by atoms with Crippen molar-refractivity contribution in [3.63, 3.8) is 0 Å². The summed E-state index contributed by atoms with van der Waals surface area (Å²) in [5, 5.41) is -0.528. The summed E-state index contributed by atoms with van der Waals surface area (Å²) in [4.78, 5) is 3.77. The van der Waals surface area contributed by atoms with Crippen LogP contribution in [0.3, 0.4) is 0 Å². The fourth-order valence-corrected chi connectivity index (χ4v) is 1.49. The average Bonchev–Trinajstić information content (AvgIpc) is 2.32. The number of alkyl halides is 3. The van der Waals surface area contributed by atoms with Gasteiger partial charge in [-0.3, -0.25) is 4.99 Å². The summed E-state index contributed by atoms with van der Waals surface area (Å²) >= 11 is 5.58. The maximum atomic E-state index is 13.6. The smallest absolute Gasteiger partial charge is 0.416 e. The maximum absolute atomic E-state index is 13.6. The summed E-state index contributed by atoms with van der Waals surface area (Å²) in [7, 11) is 1.50. The quantitative estimate of drug-likeness (QED) is 0.525. The van der Waals surface area contributed by atoms with Crippen molar-refractivity contribution in [1.29, 1.82) is 0 Å². The van der Waals surface area contributed by atoms with E-state index < -0.39 is 28.3 Å². The Labute approximate surface area is 117 Å². The summed E-state index contributed by atoms with van der Waals surface area (Å²) in [6.45, 7) is 1.61. The van der Waals surface area contributed by atoms with Crippen LogP contribution in [0.4, 0.5) is 17.6 Å². The van der Waals surface area contributed by atoms with E-state index >= 15 is 0 Å². The van der Waals surface area contributed by atoms with E-state index in [1.54, 1.807) is 6.92 Å². The van der Waals surface area contributed by atoms with E-state index in [2.05, 4.69) is 4.99 Å². The van der Waals surface area contributed by atoms with Crippen LogP contribution in [-0.2, 0) is 6.18 Å². The summed E-state index contributed by atoms with van der Waals surface area (Å²) in [5.41, 5.74) is 4.74. The molecule has 0 saturated heterocycles. The molecule has 1 aromatic carbocycles. The van der Waals surface area contributed by atoms with Crippen LogP contribution in [0.2, 0.25) is 5.02 Å². The van der Waals surface area contributed by atoms with Crippen LogP contribution in [0, 0.1) is 5.82 Å². The molecule has 0 heterocycles. The summed E-state index contributed by atoms with van der Waals surface area (Å²) in [6, 6.07) is 0.850. The minimum atomic E-state index is -4.70. The molecule has 20 heavy (non-hydrogen) atoms. The molecule has 2 N–H and O–H groups in total. The highest BCUT2D eigenvalue weighted by Gasteiger charge is 2.32. The van der Waals surface area contributed by atoms with Crippen LogP contribution in [0.1, 0.15) is 12.5 Å². The molecule has 0 amide bonds. The first-order chi connectivity index (χ1) is 9.15. The molecule has 0 aromatic heterocycles. The Morgan fingerprint density at radius 3 is 2.45 bits per heavy atom. The maximum Gasteiger partial charge on any atom is 0.416 e. The van der Waals surface area contributed by atoms with Gasteiger partial charge in [0.2, 0.25) is 0 Å². The molecular weight excluding hydrogens is 300 g/mol. The number of halogens is 5. The monoisotopic (exact) mass is 310 g/mol. The van der Waals surface area contributed by atoms with Gasteiger partial charge in [-0.05, 0) is 19.1 Å². The number of nitrogens with zero attached hydrogens (tertiary/aromatic N) is 1. The number of hydrogen-bond acceptors (Lipinski definition) is 3. The van der Waals surface area contributed by atoms with E-state index in [9.17, 15) is 17.6 Å². The van der Waals surface area contributed by atoms with E-state index in [0.717, 1.165) is 0 Å². The minimum Gasteiger partial charge on any atom is -0.437 e. The van der Waals surface area contributed by atoms with Crippen LogP contribution in [0.25, 0.3) is 0 Å². The molecule has 110 valence electrons. The molecule has 3 nitrogen and oxygen atoms in total. The lowest BCUT2D eigenvalue weighted by molar-refractivity contribution is -0.137. The number of allylic oxidation sites excluding steroid dienone is 1. The molecule has 0 atom stereocenters. The van der Waals surface area contributed by atoms with E-state index in [0.29, 0.717) is 11.8 Å². The Morgan fingerprint density at radius 2 is 2.00 bits per heavy atom. The topological polar surface area (TPSA) is 47.6 Å². The molecule has 0 saturated carbocycles. The molecule has 0 aliphatic rings. The predicted octanol–water partition coefficient (Wildman–Crippen LogP) is 3.77. The first-order valence-corrected chi connectivity index (χ1v) is 5.67. The summed E-state index contributed by atoms with van der Waals surface area (Å²) in [5.74, 6) is -2.07. The Hall–Kier alpha value is -1.76. The Bertz CT molecular complexity index is 544. The second-order valence-electron chi connectivity index (χ2n) is 3.78. The molecule has 1 rings (SSSR count). The third kappa shape index (κ3) is 4.12. The minimum absolute atomic E-state index is 0.242. The molecule has 0 fully saturated rings. The van der Waals surface area contributed by atoms with Crippen molar-refractivity contribution in [2.24, 2.45) is 10.7 Å². The van der Waals surface area contributed by atoms with Gasteiger partial charge in [0.05, 0.1) is 10.6 Å². The van der Waals surface area contributed by atoms with Gasteiger partial charge in [0.25, 0.3) is 0 Å². The zero-order valence-corrected chi connectivity index (χ0v) is 11.3. The lowest BCUT2D eigenvalue weighted by Gasteiger charge is -2.12. The standard InChI is InChI=1S/C12H11ClF4N2O/c1-6(19-2)3-10(18)20-11-8(13)4-7(5-9(11)14)12(15,16)17/h3-5H,18H2,1-2H3. The zero-order chi connectivity index (χ0) is 15.5. The van der Waals surface area contributed by atoms with E-state index in [1.807, 2.05) is 0 Å². The highest BCUT2D eigenvalue weighted by atomic mass is 35.5. The second-order valence-corrected chi connectivity index (χ2v) is 4.19. The van der Waals surface area contributed by atoms with Gasteiger partial charge in [0.1, 0.15) is 0 Å². The van der Waals surface area contributed by atoms with Crippen LogP contribution < -0.4 is 10.5 Å². The highest BCUT2D eigenvalue weighted by Crippen LogP contribution is 2.37. The Balaban J connectivity index is 3.13. The number of rotatable bonds is 3. The van der Waals surface area contributed by atoms with Crippen LogP contribution in [0.5, 0.6) is 5.75 Å². The predicted molar refractivity (Wildman–Crippen MR) is 68.3 cm³/mol. The molecular formula is C12H11ClF4N2O. The van der Waals surface area contributed by atoms with Gasteiger partial charge in [0, 0.05) is 18.8 Å². The number of ether oxygens (including phenoxy) is 1. The van der Waals surface area contributed by atoms with Gasteiger partial charge in [-0.2, -0.15) is 13.2 Å². The molecule has 0 unspecified atom stereocenters. The Kier molecular flexibility index (Phi) is 4.99. The third-order valence-corrected chi connectivity index (χ3v) is 2.53. The first kappa shape index (κ1) is 16.3. The van der Waals surface area contributed by atoms with E-state index in [-0.39, 0.29) is 11.9 Å². The number of aliphatic imine (C=N–C) groups is 1. The summed E-state index contributed by atoms with van der Waals surface area (Å²) < 4.78 is 55.8. The van der Waals surface area contributed by atoms with Gasteiger partial charge >= 0.3 is 6.18 Å². The summed E-state index contributed by atoms with van der Waals surface area (Å²) in [6.07, 6.45) is -3.41. The van der Waals surface area contributed by atoms with E-state index in [1.165, 1.54) is 13.1 Å². The van der Waals surface area contributed by atoms with Crippen molar-refractivity contribution in [3.8, 4) is 5.75 Å².